The van der Waals surface area contributed by atoms with Crippen LogP contribution < -0.4 is 10.1 Å². The van der Waals surface area contributed by atoms with Gasteiger partial charge < -0.3 is 10.1 Å². The first-order valence-electron chi connectivity index (χ1n) is 6.72. The molecule has 3 rings (SSSR count). The summed E-state index contributed by atoms with van der Waals surface area (Å²) in [5, 5.41) is 7.10. The predicted octanol–water partition coefficient (Wildman–Crippen LogP) is 2.55. The predicted molar refractivity (Wildman–Crippen MR) is 75.9 cm³/mol. The fraction of sp³-hybridized carbons (Fsp3) is 0.333. The summed E-state index contributed by atoms with van der Waals surface area (Å²) in [5.41, 5.74) is 1.33. The Balaban J connectivity index is 1.63. The average Bonchev–Trinajstić information content (AvgIpc) is 3.18. The second-order valence-corrected chi connectivity index (χ2v) is 5.08. The molecule has 0 unspecified atom stereocenters. The average molecular weight is 271 g/mol. The van der Waals surface area contributed by atoms with Gasteiger partial charge in [0.05, 0.1) is 19.0 Å². The van der Waals surface area contributed by atoms with Gasteiger partial charge in [0.15, 0.2) is 0 Å². The van der Waals surface area contributed by atoms with Crippen molar-refractivity contribution in [2.75, 3.05) is 12.4 Å². The summed E-state index contributed by atoms with van der Waals surface area (Å²) in [6.07, 6.45) is 6.13. The van der Waals surface area contributed by atoms with Crippen LogP contribution in [0, 0.1) is 5.92 Å². The van der Waals surface area contributed by atoms with Crippen LogP contribution in [0.2, 0.25) is 0 Å². The maximum absolute atomic E-state index is 12.1. The first kappa shape index (κ1) is 12.7. The molecule has 1 N–H and O–H groups in total. The van der Waals surface area contributed by atoms with Crippen LogP contribution in [0.4, 0.5) is 5.69 Å². The summed E-state index contributed by atoms with van der Waals surface area (Å²) in [6.45, 7) is 0.943. The molecule has 1 heterocycles. The summed E-state index contributed by atoms with van der Waals surface area (Å²) in [7, 11) is 1.60. The number of anilines is 1. The Morgan fingerprint density at radius 2 is 2.15 bits per heavy atom. The number of carbonyl (C=O) groups excluding carboxylic acids is 1. The number of amides is 1. The summed E-state index contributed by atoms with van der Waals surface area (Å²) in [6, 6.07) is 7.02. The zero-order valence-electron chi connectivity index (χ0n) is 11.4. The highest BCUT2D eigenvalue weighted by molar-refractivity contribution is 6.04. The topological polar surface area (TPSA) is 56.1 Å². The van der Waals surface area contributed by atoms with Crippen LogP contribution in [-0.2, 0) is 6.54 Å². The molecule has 1 amide bonds. The van der Waals surface area contributed by atoms with Gasteiger partial charge in [-0.15, -0.1) is 0 Å². The fourth-order valence-corrected chi connectivity index (χ4v) is 2.04. The van der Waals surface area contributed by atoms with Crippen LogP contribution in [0.25, 0.3) is 0 Å². The van der Waals surface area contributed by atoms with Crippen molar-refractivity contribution in [1.29, 1.82) is 0 Å². The number of ether oxygens (including phenoxy) is 1. The van der Waals surface area contributed by atoms with Crippen LogP contribution in [0.5, 0.6) is 5.75 Å². The van der Waals surface area contributed by atoms with Gasteiger partial charge in [0.2, 0.25) is 0 Å². The summed E-state index contributed by atoms with van der Waals surface area (Å²) >= 11 is 0. The molecular formula is C15H17N3O2. The highest BCUT2D eigenvalue weighted by Gasteiger charge is 2.22. The standard InChI is InChI=1S/C15H17N3O2/c1-20-14-6-4-12(5-7-14)15(19)17-13-8-16-18(10-13)9-11-2-3-11/h4-8,10-11H,2-3,9H2,1H3,(H,17,19). The quantitative estimate of drug-likeness (QED) is 0.909. The molecule has 2 aromatic rings. The minimum atomic E-state index is -0.140. The molecular weight excluding hydrogens is 254 g/mol. The van der Waals surface area contributed by atoms with E-state index in [0.29, 0.717) is 5.56 Å². The molecule has 0 atom stereocenters. The number of carbonyl (C=O) groups is 1. The highest BCUT2D eigenvalue weighted by atomic mass is 16.5. The molecule has 0 spiro atoms. The number of hydrogen-bond acceptors (Lipinski definition) is 3. The lowest BCUT2D eigenvalue weighted by atomic mass is 10.2. The van der Waals surface area contributed by atoms with E-state index >= 15 is 0 Å². The number of methoxy groups -OCH3 is 1. The Hall–Kier alpha value is -2.30. The number of aromatic nitrogens is 2. The van der Waals surface area contributed by atoms with Crippen LogP contribution in [0.15, 0.2) is 36.7 Å². The molecule has 5 nitrogen and oxygen atoms in total. The van der Waals surface area contributed by atoms with E-state index in [1.807, 2.05) is 10.9 Å². The number of hydrogen-bond donors (Lipinski definition) is 1. The van der Waals surface area contributed by atoms with Crippen molar-refractivity contribution in [2.45, 2.75) is 19.4 Å². The first-order chi connectivity index (χ1) is 9.74. The van der Waals surface area contributed by atoms with Gasteiger partial charge in [-0.05, 0) is 43.0 Å². The van der Waals surface area contributed by atoms with E-state index in [0.717, 1.165) is 23.9 Å². The molecule has 1 fully saturated rings. The monoisotopic (exact) mass is 271 g/mol. The molecule has 0 bridgehead atoms. The Labute approximate surface area is 117 Å². The lowest BCUT2D eigenvalue weighted by Crippen LogP contribution is -2.11. The van der Waals surface area contributed by atoms with Gasteiger partial charge in [-0.1, -0.05) is 0 Å². The van der Waals surface area contributed by atoms with Crippen molar-refractivity contribution >= 4 is 11.6 Å². The molecule has 104 valence electrons. The number of benzene rings is 1. The van der Waals surface area contributed by atoms with Gasteiger partial charge in [-0.2, -0.15) is 5.10 Å². The van der Waals surface area contributed by atoms with Gasteiger partial charge in [-0.25, -0.2) is 0 Å². The second kappa shape index (κ2) is 5.36. The lowest BCUT2D eigenvalue weighted by molar-refractivity contribution is 0.102. The molecule has 1 saturated carbocycles. The van der Waals surface area contributed by atoms with Crippen molar-refractivity contribution in [1.82, 2.24) is 9.78 Å². The van der Waals surface area contributed by atoms with E-state index in [1.165, 1.54) is 12.8 Å². The van der Waals surface area contributed by atoms with Crippen molar-refractivity contribution in [2.24, 2.45) is 5.92 Å². The Bertz CT molecular complexity index is 600. The van der Waals surface area contributed by atoms with E-state index in [4.69, 9.17) is 4.74 Å². The van der Waals surface area contributed by atoms with Gasteiger partial charge in [0, 0.05) is 18.3 Å². The van der Waals surface area contributed by atoms with Crippen molar-refractivity contribution < 1.29 is 9.53 Å². The number of nitrogens with one attached hydrogen (secondary N) is 1. The molecule has 0 saturated heterocycles. The third-order valence-corrected chi connectivity index (χ3v) is 3.39. The van der Waals surface area contributed by atoms with Crippen molar-refractivity contribution in [3.63, 3.8) is 0 Å². The van der Waals surface area contributed by atoms with E-state index in [2.05, 4.69) is 10.4 Å². The minimum absolute atomic E-state index is 0.140. The Kier molecular flexibility index (Phi) is 3.41. The van der Waals surface area contributed by atoms with Gasteiger partial charge in [0.25, 0.3) is 5.91 Å². The van der Waals surface area contributed by atoms with E-state index in [-0.39, 0.29) is 5.91 Å². The Morgan fingerprint density at radius 1 is 1.40 bits per heavy atom. The molecule has 1 aromatic heterocycles. The van der Waals surface area contributed by atoms with Crippen LogP contribution in [0.1, 0.15) is 23.2 Å². The largest absolute Gasteiger partial charge is 0.497 e. The van der Waals surface area contributed by atoms with E-state index < -0.39 is 0 Å². The van der Waals surface area contributed by atoms with Gasteiger partial charge in [-0.3, -0.25) is 9.48 Å². The minimum Gasteiger partial charge on any atom is -0.497 e. The van der Waals surface area contributed by atoms with Crippen LogP contribution in [0.3, 0.4) is 0 Å². The van der Waals surface area contributed by atoms with E-state index in [1.54, 1.807) is 37.6 Å². The summed E-state index contributed by atoms with van der Waals surface area (Å²) in [5.74, 6) is 1.36. The normalized spacial score (nSPS) is 14.1. The maximum Gasteiger partial charge on any atom is 0.255 e. The highest BCUT2D eigenvalue weighted by Crippen LogP contribution is 2.30. The summed E-state index contributed by atoms with van der Waals surface area (Å²) in [4.78, 5) is 12.1. The maximum atomic E-state index is 12.1. The van der Waals surface area contributed by atoms with Crippen LogP contribution in [-0.4, -0.2) is 22.8 Å². The number of rotatable bonds is 5. The first-order valence-corrected chi connectivity index (χ1v) is 6.72. The molecule has 20 heavy (non-hydrogen) atoms. The molecule has 1 aliphatic carbocycles. The molecule has 0 aliphatic heterocycles. The SMILES string of the molecule is COc1ccc(C(=O)Nc2cnn(CC3CC3)c2)cc1. The van der Waals surface area contributed by atoms with Crippen LogP contribution >= 0.6 is 0 Å². The third kappa shape index (κ3) is 2.99. The second-order valence-electron chi connectivity index (χ2n) is 5.08. The van der Waals surface area contributed by atoms with Crippen molar-refractivity contribution in [3.05, 3.63) is 42.2 Å². The molecule has 1 aliphatic rings. The lowest BCUT2D eigenvalue weighted by Gasteiger charge is -2.04. The fourth-order valence-electron chi connectivity index (χ4n) is 2.04. The summed E-state index contributed by atoms with van der Waals surface area (Å²) < 4.78 is 6.96. The third-order valence-electron chi connectivity index (χ3n) is 3.39. The zero-order chi connectivity index (χ0) is 13.9. The van der Waals surface area contributed by atoms with E-state index in [9.17, 15) is 4.79 Å². The van der Waals surface area contributed by atoms with Crippen molar-refractivity contribution in [3.8, 4) is 5.75 Å². The number of nitrogens with zero attached hydrogens (tertiary/aromatic N) is 2. The molecule has 1 aromatic carbocycles. The molecule has 5 heteroatoms. The van der Waals surface area contributed by atoms with Gasteiger partial charge >= 0.3 is 0 Å². The molecule has 0 radical (unpaired) electrons. The smallest absolute Gasteiger partial charge is 0.255 e. The van der Waals surface area contributed by atoms with Gasteiger partial charge in [0.1, 0.15) is 5.75 Å². The zero-order valence-corrected chi connectivity index (χ0v) is 11.4. The Morgan fingerprint density at radius 3 is 2.80 bits per heavy atom.